The molecule has 1 aromatic carbocycles. The lowest BCUT2D eigenvalue weighted by molar-refractivity contribution is -0.120. The van der Waals surface area contributed by atoms with E-state index in [4.69, 9.17) is 10.5 Å². The van der Waals surface area contributed by atoms with Crippen LogP contribution in [0.3, 0.4) is 0 Å². The Hall–Kier alpha value is -5.80. The number of nitrogens with zero attached hydrogens (tertiary/aromatic N) is 4. The predicted octanol–water partition coefficient (Wildman–Crippen LogP) is 5.22. The van der Waals surface area contributed by atoms with Crippen LogP contribution in [0.25, 0.3) is 16.8 Å². The van der Waals surface area contributed by atoms with Crippen LogP contribution in [0.15, 0.2) is 71.3 Å². The average Bonchev–Trinajstić information content (AvgIpc) is 3.65. The van der Waals surface area contributed by atoms with E-state index < -0.39 is 83.1 Å². The van der Waals surface area contributed by atoms with E-state index in [-0.39, 0.29) is 40.5 Å². The number of aliphatic imine (C=N–C) groups is 1. The van der Waals surface area contributed by atoms with Crippen LogP contribution in [-0.4, -0.2) is 80.5 Å². The first-order valence-electron chi connectivity index (χ1n) is 17.5. The summed E-state index contributed by atoms with van der Waals surface area (Å²) in [5.74, 6) is -3.25. The molecule has 3 aromatic heterocycles. The highest BCUT2D eigenvalue weighted by atomic mass is 19.4. The number of aromatic nitrogens is 3. The Morgan fingerprint density at radius 3 is 2.47 bits per heavy atom. The Kier molecular flexibility index (Phi) is 11.2. The highest BCUT2D eigenvalue weighted by molar-refractivity contribution is 6.09. The highest BCUT2D eigenvalue weighted by Crippen LogP contribution is 2.44. The van der Waals surface area contributed by atoms with Crippen molar-refractivity contribution in [3.05, 3.63) is 100 Å². The maximum atomic E-state index is 15.0. The molecule has 57 heavy (non-hydrogen) atoms. The number of amides is 2. The summed E-state index contributed by atoms with van der Waals surface area (Å²) in [4.78, 5) is 39.7. The fraction of sp³-hybridized carbons (Fsp3) is 0.359. The number of hydrogen-bond donors (Lipinski definition) is 4. The number of halogens is 7. The van der Waals surface area contributed by atoms with Crippen molar-refractivity contribution in [2.75, 3.05) is 19.8 Å². The second kappa shape index (κ2) is 15.6. The Balaban J connectivity index is 1.47. The molecule has 1 saturated carbocycles. The standard InChI is InChI=1S/C39H36F7N7O4/c1-20-15-38(42,43)34(31(20)33(47)39(44,45)46)49-16-30(54)52-29(12-21-10-23(40)14-24(41)11-21)32-27(5-4-25(50-32)6-7-37(2,3)56)22-13-28(35-48-8-9-53(35)17-22)36(55)51-26-18-57-19-26/h4-5,8-11,13-14,17,20,26,29,56H,12,15-16,18-19,47H2,1-3H3,(H,51,55)(H,52,54)/t20-,29?/m0/s1. The van der Waals surface area contributed by atoms with Crippen molar-refractivity contribution in [1.29, 1.82) is 0 Å². The van der Waals surface area contributed by atoms with Crippen LogP contribution in [0, 0.1) is 29.4 Å². The van der Waals surface area contributed by atoms with Crippen molar-refractivity contribution in [2.45, 2.75) is 63.4 Å². The molecule has 0 spiro atoms. The van der Waals surface area contributed by atoms with Gasteiger partial charge in [0.05, 0.1) is 36.6 Å². The minimum Gasteiger partial charge on any atom is -0.394 e. The summed E-state index contributed by atoms with van der Waals surface area (Å²) in [7, 11) is 0. The highest BCUT2D eigenvalue weighted by Gasteiger charge is 2.51. The molecule has 300 valence electrons. The first kappa shape index (κ1) is 40.9. The topological polar surface area (TPSA) is 156 Å². The molecule has 11 nitrogen and oxygen atoms in total. The van der Waals surface area contributed by atoms with Crippen molar-refractivity contribution in [1.82, 2.24) is 25.0 Å². The lowest BCUT2D eigenvalue weighted by Gasteiger charge is -2.27. The summed E-state index contributed by atoms with van der Waals surface area (Å²) in [6, 6.07) is 5.64. The molecule has 6 rings (SSSR count). The van der Waals surface area contributed by atoms with Crippen LogP contribution in [0.4, 0.5) is 30.7 Å². The third-order valence-electron chi connectivity index (χ3n) is 9.10. The van der Waals surface area contributed by atoms with Crippen molar-refractivity contribution >= 4 is 23.2 Å². The van der Waals surface area contributed by atoms with E-state index in [1.165, 1.54) is 32.2 Å². The Labute approximate surface area is 321 Å². The number of nitrogens with one attached hydrogen (secondary N) is 2. The quantitative estimate of drug-likeness (QED) is 0.134. The predicted molar refractivity (Wildman–Crippen MR) is 193 cm³/mol. The number of hydrogen-bond acceptors (Lipinski definition) is 8. The summed E-state index contributed by atoms with van der Waals surface area (Å²) in [5, 5.41) is 15.7. The number of fused-ring (bicyclic) bond motifs is 1. The fourth-order valence-corrected chi connectivity index (χ4v) is 6.53. The number of aliphatic hydroxyl groups is 1. The molecule has 2 amide bonds. The van der Waals surface area contributed by atoms with E-state index in [0.717, 1.165) is 19.1 Å². The van der Waals surface area contributed by atoms with Gasteiger partial charge in [-0.1, -0.05) is 12.8 Å². The van der Waals surface area contributed by atoms with Crippen molar-refractivity contribution < 1.29 is 50.2 Å². The third-order valence-corrected chi connectivity index (χ3v) is 9.10. The molecule has 4 heterocycles. The lowest BCUT2D eigenvalue weighted by atomic mass is 9.94. The molecule has 1 unspecified atom stereocenters. The van der Waals surface area contributed by atoms with Crippen LogP contribution in [0.2, 0.25) is 0 Å². The summed E-state index contributed by atoms with van der Waals surface area (Å²) in [5.41, 5.74) is 1.04. The van der Waals surface area contributed by atoms with Crippen molar-refractivity contribution in [3.8, 4) is 23.0 Å². The van der Waals surface area contributed by atoms with E-state index >= 15 is 8.78 Å². The number of benzene rings is 1. The molecule has 2 aliphatic rings. The number of pyridine rings is 2. The van der Waals surface area contributed by atoms with Gasteiger partial charge in [0.25, 0.3) is 11.8 Å². The molecule has 1 aliphatic heterocycles. The van der Waals surface area contributed by atoms with E-state index in [1.807, 2.05) is 0 Å². The summed E-state index contributed by atoms with van der Waals surface area (Å²) in [6.45, 7) is 3.53. The molecule has 18 heteroatoms. The van der Waals surface area contributed by atoms with Crippen LogP contribution < -0.4 is 16.4 Å². The van der Waals surface area contributed by atoms with Crippen molar-refractivity contribution in [3.63, 3.8) is 0 Å². The van der Waals surface area contributed by atoms with Gasteiger partial charge in [0, 0.05) is 47.8 Å². The second-order valence-corrected chi connectivity index (χ2v) is 14.3. The van der Waals surface area contributed by atoms with Gasteiger partial charge in [0.1, 0.15) is 46.5 Å². The minimum absolute atomic E-state index is 0.0168. The molecular formula is C39H36F7N7O4. The first-order valence-corrected chi connectivity index (χ1v) is 17.5. The summed E-state index contributed by atoms with van der Waals surface area (Å²) in [6.07, 6.45) is -1.86. The first-order chi connectivity index (χ1) is 26.7. The summed E-state index contributed by atoms with van der Waals surface area (Å²) >= 11 is 0. The smallest absolute Gasteiger partial charge is 0.394 e. The zero-order valence-electron chi connectivity index (χ0n) is 30.6. The normalized spacial score (nSPS) is 19.1. The zero-order valence-corrected chi connectivity index (χ0v) is 30.6. The molecule has 0 bridgehead atoms. The monoisotopic (exact) mass is 799 g/mol. The number of allylic oxidation sites excluding steroid dienone is 2. The minimum atomic E-state index is -5.15. The third kappa shape index (κ3) is 9.43. The summed E-state index contributed by atoms with van der Waals surface area (Å²) < 4.78 is 107. The largest absolute Gasteiger partial charge is 0.431 e. The number of carbonyl (C=O) groups excluding carboxylic acids is 2. The Morgan fingerprint density at radius 1 is 1.14 bits per heavy atom. The van der Waals surface area contributed by atoms with Gasteiger partial charge in [0.15, 0.2) is 0 Å². The molecule has 1 aliphatic carbocycles. The zero-order chi connectivity index (χ0) is 41.4. The molecule has 2 atom stereocenters. The van der Waals surface area contributed by atoms with Gasteiger partial charge >= 0.3 is 6.18 Å². The number of rotatable bonds is 9. The van der Waals surface area contributed by atoms with E-state index in [1.54, 1.807) is 22.9 Å². The Bertz CT molecular complexity index is 2330. The molecule has 0 radical (unpaired) electrons. The van der Waals surface area contributed by atoms with E-state index in [2.05, 4.69) is 37.4 Å². The van der Waals surface area contributed by atoms with Crippen LogP contribution in [0.5, 0.6) is 0 Å². The Morgan fingerprint density at radius 2 is 1.84 bits per heavy atom. The second-order valence-electron chi connectivity index (χ2n) is 14.3. The maximum absolute atomic E-state index is 15.0. The fourth-order valence-electron chi connectivity index (χ4n) is 6.53. The van der Waals surface area contributed by atoms with E-state index in [9.17, 15) is 36.6 Å². The number of alkyl halides is 5. The number of ether oxygens (including phenoxy) is 1. The maximum Gasteiger partial charge on any atom is 0.431 e. The van der Waals surface area contributed by atoms with Gasteiger partial charge in [-0.2, -0.15) is 22.0 Å². The van der Waals surface area contributed by atoms with Crippen LogP contribution >= 0.6 is 0 Å². The van der Waals surface area contributed by atoms with Crippen molar-refractivity contribution in [2.24, 2.45) is 16.6 Å². The number of carbonyl (C=O) groups is 2. The molecule has 4 aromatic rings. The van der Waals surface area contributed by atoms with Gasteiger partial charge < -0.3 is 30.6 Å². The molecule has 5 N–H and O–H groups in total. The SMILES string of the molecule is C[C@H]1CC(F)(F)C(=NCC(=O)NC(Cc2cc(F)cc(F)c2)c2nc(C#CC(C)(C)O)ccc2-c2cc(C(=O)NC3COC3)c3nccn3c2)C1=C(N)C(F)(F)F. The average molecular weight is 800 g/mol. The van der Waals surface area contributed by atoms with Gasteiger partial charge in [-0.15, -0.1) is 0 Å². The van der Waals surface area contributed by atoms with Gasteiger partial charge in [-0.05, 0) is 68.0 Å². The van der Waals surface area contributed by atoms with Crippen LogP contribution in [0.1, 0.15) is 60.5 Å². The lowest BCUT2D eigenvalue weighted by Crippen LogP contribution is -2.48. The molecule has 2 fully saturated rings. The number of imidazole rings is 1. The van der Waals surface area contributed by atoms with Gasteiger partial charge in [-0.25, -0.2) is 18.7 Å². The molecule has 1 saturated heterocycles. The van der Waals surface area contributed by atoms with Crippen LogP contribution in [-0.2, 0) is 16.0 Å². The number of nitrogens with two attached hydrogens (primary N) is 1. The van der Waals surface area contributed by atoms with Gasteiger partial charge in [0.2, 0.25) is 5.91 Å². The van der Waals surface area contributed by atoms with E-state index in [0.29, 0.717) is 30.5 Å². The molecular weight excluding hydrogens is 763 g/mol. The van der Waals surface area contributed by atoms with Gasteiger partial charge in [-0.3, -0.25) is 14.6 Å².